The normalized spacial score (nSPS) is 12.1. The van der Waals surface area contributed by atoms with Crippen LogP contribution in [0, 0.1) is 10.1 Å². The maximum atomic E-state index is 10.7. The van der Waals surface area contributed by atoms with Gasteiger partial charge in [0, 0.05) is 29.8 Å². The highest BCUT2D eigenvalue weighted by Gasteiger charge is 2.12. The minimum absolute atomic E-state index is 0.0623. The maximum absolute atomic E-state index is 10.7. The fraction of sp³-hybridized carbons (Fsp3) is 0.167. The molecule has 92 valence electrons. The highest BCUT2D eigenvalue weighted by Crippen LogP contribution is 2.33. The molecule has 5 nitrogen and oxygen atoms in total. The van der Waals surface area contributed by atoms with E-state index in [0.29, 0.717) is 5.16 Å². The molecule has 0 saturated carbocycles. The SMILES string of the molecule is C[C@H](Sc1ncccn1)c1cccc([N+](=O)[O-])c1. The first-order valence-electron chi connectivity index (χ1n) is 5.35. The van der Waals surface area contributed by atoms with Crippen molar-refractivity contribution < 1.29 is 4.92 Å². The lowest BCUT2D eigenvalue weighted by Gasteiger charge is -2.09. The smallest absolute Gasteiger partial charge is 0.258 e. The molecule has 0 aliphatic heterocycles. The summed E-state index contributed by atoms with van der Waals surface area (Å²) in [7, 11) is 0. The van der Waals surface area contributed by atoms with Crippen molar-refractivity contribution in [3.63, 3.8) is 0 Å². The Morgan fingerprint density at radius 1 is 1.28 bits per heavy atom. The number of hydrogen-bond acceptors (Lipinski definition) is 5. The van der Waals surface area contributed by atoms with Gasteiger partial charge in [0.25, 0.3) is 5.69 Å². The van der Waals surface area contributed by atoms with E-state index in [2.05, 4.69) is 9.97 Å². The number of aromatic nitrogens is 2. The van der Waals surface area contributed by atoms with Gasteiger partial charge in [-0.15, -0.1) is 0 Å². The number of nitrogens with zero attached hydrogens (tertiary/aromatic N) is 3. The number of thioether (sulfide) groups is 1. The third-order valence-corrected chi connectivity index (χ3v) is 3.42. The van der Waals surface area contributed by atoms with Crippen molar-refractivity contribution in [1.29, 1.82) is 0 Å². The second kappa shape index (κ2) is 5.59. The van der Waals surface area contributed by atoms with Crippen LogP contribution in [-0.2, 0) is 0 Å². The summed E-state index contributed by atoms with van der Waals surface area (Å²) in [5.74, 6) is 0. The highest BCUT2D eigenvalue weighted by molar-refractivity contribution is 7.99. The van der Waals surface area contributed by atoms with Crippen LogP contribution >= 0.6 is 11.8 Å². The minimum atomic E-state index is -0.389. The number of hydrogen-bond donors (Lipinski definition) is 0. The van der Waals surface area contributed by atoms with Gasteiger partial charge in [0.05, 0.1) is 4.92 Å². The van der Waals surface area contributed by atoms with Crippen LogP contribution in [0.2, 0.25) is 0 Å². The fourth-order valence-electron chi connectivity index (χ4n) is 1.46. The van der Waals surface area contributed by atoms with Gasteiger partial charge in [-0.1, -0.05) is 23.9 Å². The van der Waals surface area contributed by atoms with Crippen LogP contribution in [0.4, 0.5) is 5.69 Å². The Hall–Kier alpha value is -1.95. The lowest BCUT2D eigenvalue weighted by molar-refractivity contribution is -0.384. The molecule has 6 heteroatoms. The zero-order valence-electron chi connectivity index (χ0n) is 9.69. The van der Waals surface area contributed by atoms with E-state index in [1.54, 1.807) is 30.6 Å². The second-order valence-electron chi connectivity index (χ2n) is 3.64. The van der Waals surface area contributed by atoms with Crippen LogP contribution in [0.15, 0.2) is 47.9 Å². The Morgan fingerprint density at radius 2 is 2.00 bits per heavy atom. The number of non-ortho nitro benzene ring substituents is 1. The summed E-state index contributed by atoms with van der Waals surface area (Å²) in [5, 5.41) is 11.4. The predicted octanol–water partition coefficient (Wildman–Crippen LogP) is 3.24. The second-order valence-corrected chi connectivity index (χ2v) is 4.95. The average Bonchev–Trinajstić information content (AvgIpc) is 2.40. The largest absolute Gasteiger partial charge is 0.269 e. The van der Waals surface area contributed by atoms with Gasteiger partial charge >= 0.3 is 0 Å². The molecule has 0 amide bonds. The minimum Gasteiger partial charge on any atom is -0.258 e. The molecule has 0 N–H and O–H groups in total. The first-order chi connectivity index (χ1) is 8.66. The monoisotopic (exact) mass is 261 g/mol. The summed E-state index contributed by atoms with van der Waals surface area (Å²) >= 11 is 1.47. The van der Waals surface area contributed by atoms with Gasteiger partial charge in [-0.25, -0.2) is 9.97 Å². The maximum Gasteiger partial charge on any atom is 0.269 e. The number of rotatable bonds is 4. The third-order valence-electron chi connectivity index (χ3n) is 2.37. The van der Waals surface area contributed by atoms with E-state index >= 15 is 0 Å². The van der Waals surface area contributed by atoms with Crippen molar-refractivity contribution >= 4 is 17.4 Å². The fourth-order valence-corrected chi connectivity index (χ4v) is 2.31. The molecular weight excluding hydrogens is 250 g/mol. The van der Waals surface area contributed by atoms with Gasteiger partial charge in [0.1, 0.15) is 0 Å². The van der Waals surface area contributed by atoms with Crippen LogP contribution in [0.1, 0.15) is 17.7 Å². The van der Waals surface area contributed by atoms with Crippen molar-refractivity contribution in [3.05, 3.63) is 58.4 Å². The van der Waals surface area contributed by atoms with Gasteiger partial charge < -0.3 is 0 Å². The van der Waals surface area contributed by atoms with Crippen LogP contribution in [0.3, 0.4) is 0 Å². The zero-order valence-corrected chi connectivity index (χ0v) is 10.5. The number of nitro benzene ring substituents is 1. The third kappa shape index (κ3) is 3.04. The first-order valence-corrected chi connectivity index (χ1v) is 6.23. The molecule has 2 aromatic rings. The van der Waals surface area contributed by atoms with Gasteiger partial charge in [0.15, 0.2) is 5.16 Å². The van der Waals surface area contributed by atoms with Crippen molar-refractivity contribution in [2.24, 2.45) is 0 Å². The Labute approximate surface area is 108 Å². The molecule has 0 unspecified atom stereocenters. The quantitative estimate of drug-likeness (QED) is 0.366. The lowest BCUT2D eigenvalue weighted by atomic mass is 10.1. The van der Waals surface area contributed by atoms with Gasteiger partial charge in [0.2, 0.25) is 0 Å². The van der Waals surface area contributed by atoms with Gasteiger partial charge in [-0.3, -0.25) is 10.1 Å². The Bertz CT molecular complexity index is 548. The molecule has 0 radical (unpaired) electrons. The van der Waals surface area contributed by atoms with Crippen molar-refractivity contribution in [1.82, 2.24) is 9.97 Å². The van der Waals surface area contributed by atoms with Gasteiger partial charge in [-0.05, 0) is 18.6 Å². The van der Waals surface area contributed by atoms with E-state index in [1.807, 2.05) is 13.0 Å². The molecule has 0 aliphatic rings. The lowest BCUT2D eigenvalue weighted by Crippen LogP contribution is -1.94. The van der Waals surface area contributed by atoms with Crippen LogP contribution in [0.25, 0.3) is 0 Å². The Kier molecular flexibility index (Phi) is 3.88. The Morgan fingerprint density at radius 3 is 2.67 bits per heavy atom. The van der Waals surface area contributed by atoms with Crippen LogP contribution < -0.4 is 0 Å². The van der Waals surface area contributed by atoms with E-state index in [9.17, 15) is 10.1 Å². The van der Waals surface area contributed by atoms with E-state index in [1.165, 1.54) is 17.8 Å². The molecule has 2 rings (SSSR count). The summed E-state index contributed by atoms with van der Waals surface area (Å²) < 4.78 is 0. The molecule has 1 aromatic heterocycles. The molecule has 1 aromatic carbocycles. The summed E-state index contributed by atoms with van der Waals surface area (Å²) in [6, 6.07) is 8.38. The van der Waals surface area contributed by atoms with E-state index < -0.39 is 0 Å². The molecule has 0 aliphatic carbocycles. The standard InChI is InChI=1S/C12H11N3O2S/c1-9(18-12-13-6-3-7-14-12)10-4-2-5-11(8-10)15(16)17/h2-9H,1H3/t9-/m0/s1. The Balaban J connectivity index is 2.16. The van der Waals surface area contributed by atoms with Crippen LogP contribution in [-0.4, -0.2) is 14.9 Å². The van der Waals surface area contributed by atoms with E-state index in [-0.39, 0.29) is 15.9 Å². The van der Waals surface area contributed by atoms with Crippen LogP contribution in [0.5, 0.6) is 0 Å². The molecule has 0 bridgehead atoms. The van der Waals surface area contributed by atoms with E-state index in [4.69, 9.17) is 0 Å². The molecule has 1 atom stereocenters. The number of nitro groups is 1. The summed E-state index contributed by atoms with van der Waals surface area (Å²) in [4.78, 5) is 18.6. The summed E-state index contributed by atoms with van der Waals surface area (Å²) in [5.41, 5.74) is 0.996. The summed E-state index contributed by atoms with van der Waals surface area (Å²) in [6.45, 7) is 1.97. The average molecular weight is 261 g/mol. The molecule has 0 fully saturated rings. The van der Waals surface area contributed by atoms with Gasteiger partial charge in [-0.2, -0.15) is 0 Å². The molecule has 18 heavy (non-hydrogen) atoms. The zero-order chi connectivity index (χ0) is 13.0. The highest BCUT2D eigenvalue weighted by atomic mass is 32.2. The first kappa shape index (κ1) is 12.5. The molecule has 1 heterocycles. The number of benzene rings is 1. The summed E-state index contributed by atoms with van der Waals surface area (Å²) in [6.07, 6.45) is 3.35. The molecule has 0 spiro atoms. The van der Waals surface area contributed by atoms with E-state index in [0.717, 1.165) is 5.56 Å². The van der Waals surface area contributed by atoms with Crippen molar-refractivity contribution in [2.75, 3.05) is 0 Å². The predicted molar refractivity (Wildman–Crippen MR) is 69.4 cm³/mol. The molecular formula is C12H11N3O2S. The molecule has 0 saturated heterocycles. The van der Waals surface area contributed by atoms with Crippen molar-refractivity contribution in [2.45, 2.75) is 17.3 Å². The van der Waals surface area contributed by atoms with Crippen molar-refractivity contribution in [3.8, 4) is 0 Å². The topological polar surface area (TPSA) is 68.9 Å².